The summed E-state index contributed by atoms with van der Waals surface area (Å²) in [6, 6.07) is 3.11. The highest BCUT2D eigenvalue weighted by molar-refractivity contribution is 6.34. The molecule has 2 aromatic rings. The topological polar surface area (TPSA) is 122 Å². The van der Waals surface area contributed by atoms with Gasteiger partial charge in [0, 0.05) is 20.2 Å². The van der Waals surface area contributed by atoms with Crippen LogP contribution in [0.3, 0.4) is 0 Å². The fourth-order valence-corrected chi connectivity index (χ4v) is 3.35. The zero-order valence-electron chi connectivity index (χ0n) is 18.1. The monoisotopic (exact) mass is 491 g/mol. The molecule has 0 unspecified atom stereocenters. The van der Waals surface area contributed by atoms with Gasteiger partial charge in [0.25, 0.3) is 5.56 Å². The molecule has 1 aromatic carbocycles. The quantitative estimate of drug-likeness (QED) is 0.469. The van der Waals surface area contributed by atoms with Crippen LogP contribution in [0, 0.1) is 0 Å². The van der Waals surface area contributed by atoms with Gasteiger partial charge in [-0.25, -0.2) is 4.79 Å². The van der Waals surface area contributed by atoms with Gasteiger partial charge < -0.3 is 20.7 Å². The fraction of sp³-hybridized carbons (Fsp3) is 0.450. The molecular formula is C20H25ClF3N5O4. The number of carbonyl (C=O) groups is 1. The zero-order chi connectivity index (χ0) is 24.8. The third-order valence-corrected chi connectivity index (χ3v) is 5.06. The molecule has 182 valence electrons. The van der Waals surface area contributed by atoms with Crippen molar-refractivity contribution < 1.29 is 22.7 Å². The predicted molar refractivity (Wildman–Crippen MR) is 120 cm³/mol. The maximum atomic E-state index is 13.3. The molecule has 0 bridgehead atoms. The van der Waals surface area contributed by atoms with Crippen molar-refractivity contribution >= 4 is 34.7 Å². The molecule has 0 saturated carbocycles. The second-order valence-corrected chi connectivity index (χ2v) is 7.53. The second-order valence-electron chi connectivity index (χ2n) is 7.12. The van der Waals surface area contributed by atoms with E-state index in [2.05, 4.69) is 10.3 Å². The van der Waals surface area contributed by atoms with E-state index < -0.39 is 41.1 Å². The van der Waals surface area contributed by atoms with Crippen molar-refractivity contribution in [2.75, 3.05) is 42.8 Å². The molecule has 0 spiro atoms. The molecule has 0 aliphatic carbocycles. The van der Waals surface area contributed by atoms with E-state index in [1.165, 1.54) is 22.6 Å². The van der Waals surface area contributed by atoms with Gasteiger partial charge in [-0.2, -0.15) is 13.2 Å². The van der Waals surface area contributed by atoms with Crippen LogP contribution in [-0.4, -0.2) is 42.3 Å². The lowest BCUT2D eigenvalue weighted by molar-refractivity contribution is -0.137. The van der Waals surface area contributed by atoms with Gasteiger partial charge >= 0.3 is 11.9 Å². The van der Waals surface area contributed by atoms with Crippen LogP contribution in [0.15, 0.2) is 27.8 Å². The summed E-state index contributed by atoms with van der Waals surface area (Å²) in [6.07, 6.45) is -3.38. The number of ether oxygens (including phenoxy) is 1. The molecule has 0 saturated heterocycles. The van der Waals surface area contributed by atoms with Crippen LogP contribution < -0.4 is 27.2 Å². The van der Waals surface area contributed by atoms with Gasteiger partial charge in [-0.1, -0.05) is 31.0 Å². The van der Waals surface area contributed by atoms with E-state index in [1.54, 1.807) is 0 Å². The molecule has 0 aliphatic rings. The number of benzene rings is 1. The molecule has 0 atom stereocenters. The number of anilines is 3. The van der Waals surface area contributed by atoms with Gasteiger partial charge in [-0.15, -0.1) is 0 Å². The van der Waals surface area contributed by atoms with E-state index in [0.29, 0.717) is 6.42 Å². The third kappa shape index (κ3) is 6.51. The Labute approximate surface area is 192 Å². The Kier molecular flexibility index (Phi) is 8.94. The first-order valence-electron chi connectivity index (χ1n) is 10.0. The summed E-state index contributed by atoms with van der Waals surface area (Å²) in [6.45, 7) is 1.67. The van der Waals surface area contributed by atoms with Crippen LogP contribution in [0.4, 0.5) is 30.4 Å². The number of hydrogen-bond acceptors (Lipinski definition) is 6. The lowest BCUT2D eigenvalue weighted by Gasteiger charge is -2.26. The molecule has 1 aromatic heterocycles. The van der Waals surface area contributed by atoms with Crippen molar-refractivity contribution in [1.29, 1.82) is 0 Å². The fourth-order valence-electron chi connectivity index (χ4n) is 3.13. The number of H-pyrrole nitrogens is 1. The zero-order valence-corrected chi connectivity index (χ0v) is 18.8. The molecule has 1 heterocycles. The lowest BCUT2D eigenvalue weighted by Crippen LogP contribution is -2.43. The molecule has 2 rings (SSSR count). The van der Waals surface area contributed by atoms with E-state index >= 15 is 0 Å². The van der Waals surface area contributed by atoms with Crippen molar-refractivity contribution in [3.63, 3.8) is 0 Å². The van der Waals surface area contributed by atoms with Crippen LogP contribution in [0.2, 0.25) is 5.02 Å². The smallest absolute Gasteiger partial charge is 0.383 e. The van der Waals surface area contributed by atoms with E-state index in [9.17, 15) is 27.6 Å². The van der Waals surface area contributed by atoms with E-state index in [4.69, 9.17) is 22.1 Å². The number of methoxy groups -OCH3 is 1. The van der Waals surface area contributed by atoms with Gasteiger partial charge in [0.2, 0.25) is 5.91 Å². The predicted octanol–water partition coefficient (Wildman–Crippen LogP) is 2.68. The minimum atomic E-state index is -4.75. The molecule has 13 heteroatoms. The number of amides is 1. The Morgan fingerprint density at radius 3 is 2.64 bits per heavy atom. The summed E-state index contributed by atoms with van der Waals surface area (Å²) < 4.78 is 46.2. The Bertz CT molecular complexity index is 1100. The van der Waals surface area contributed by atoms with Gasteiger partial charge in [0.1, 0.15) is 11.5 Å². The number of unbranched alkanes of at least 4 members (excludes halogenated alkanes) is 1. The minimum Gasteiger partial charge on any atom is -0.383 e. The summed E-state index contributed by atoms with van der Waals surface area (Å²) in [5.74, 6) is -1.04. The number of nitrogens with two attached hydrogens (primary N) is 1. The number of para-hydroxylation sites is 1. The number of hydrogen-bond donors (Lipinski definition) is 3. The molecular weight excluding hydrogens is 467 g/mol. The molecule has 1 amide bonds. The molecule has 9 nitrogen and oxygen atoms in total. The maximum Gasteiger partial charge on any atom is 0.418 e. The highest BCUT2D eigenvalue weighted by Crippen LogP contribution is 2.38. The SMILES string of the molecule is CCCCn1c(N)c(N(CCOC)CC(=O)Nc2c(Cl)cccc2C(F)(F)F)c(=O)[nH]c1=O. The summed E-state index contributed by atoms with van der Waals surface area (Å²) in [5, 5.41) is 1.87. The number of rotatable bonds is 10. The Morgan fingerprint density at radius 1 is 1.33 bits per heavy atom. The number of aromatic amines is 1. The van der Waals surface area contributed by atoms with E-state index in [0.717, 1.165) is 18.6 Å². The summed E-state index contributed by atoms with van der Waals surface area (Å²) in [4.78, 5) is 40.8. The highest BCUT2D eigenvalue weighted by atomic mass is 35.5. The average Bonchev–Trinajstić information content (AvgIpc) is 2.72. The first-order chi connectivity index (χ1) is 15.5. The first kappa shape index (κ1) is 26.3. The Balaban J connectivity index is 2.42. The van der Waals surface area contributed by atoms with Crippen LogP contribution >= 0.6 is 11.6 Å². The number of carbonyl (C=O) groups excluding carboxylic acids is 1. The second kappa shape index (κ2) is 11.2. The number of nitrogens with zero attached hydrogens (tertiary/aromatic N) is 2. The van der Waals surface area contributed by atoms with Gasteiger partial charge in [-0.05, 0) is 18.6 Å². The van der Waals surface area contributed by atoms with Crippen molar-refractivity contribution in [2.45, 2.75) is 32.5 Å². The maximum absolute atomic E-state index is 13.3. The number of alkyl halides is 3. The van der Waals surface area contributed by atoms with Gasteiger partial charge in [-0.3, -0.25) is 19.1 Å². The number of halogens is 4. The molecule has 0 fully saturated rings. The summed E-state index contributed by atoms with van der Waals surface area (Å²) in [5.41, 5.74) is 2.69. The van der Waals surface area contributed by atoms with Crippen molar-refractivity contribution in [1.82, 2.24) is 9.55 Å². The third-order valence-electron chi connectivity index (χ3n) is 4.75. The van der Waals surface area contributed by atoms with Crippen LogP contribution in [0.1, 0.15) is 25.3 Å². The highest BCUT2D eigenvalue weighted by Gasteiger charge is 2.35. The standard InChI is InChI=1S/C20H25ClF3N5O4/c1-3-4-8-29-17(25)16(18(31)27-19(29)32)28(9-10-33-2)11-14(30)26-15-12(20(22,23)24)6-5-7-13(15)21/h5-7H,3-4,8-11,25H2,1-2H3,(H,26,30)(H,27,31,32). The Morgan fingerprint density at radius 2 is 2.03 bits per heavy atom. The lowest BCUT2D eigenvalue weighted by atomic mass is 10.1. The number of nitrogens with one attached hydrogen (secondary N) is 2. The van der Waals surface area contributed by atoms with E-state index in [-0.39, 0.29) is 36.2 Å². The van der Waals surface area contributed by atoms with Gasteiger partial charge in [0.05, 0.1) is 29.4 Å². The molecule has 33 heavy (non-hydrogen) atoms. The summed E-state index contributed by atoms with van der Waals surface area (Å²) >= 11 is 5.89. The van der Waals surface area contributed by atoms with Crippen LogP contribution in [0.5, 0.6) is 0 Å². The van der Waals surface area contributed by atoms with Crippen LogP contribution in [0.25, 0.3) is 0 Å². The van der Waals surface area contributed by atoms with Crippen LogP contribution in [-0.2, 0) is 22.3 Å². The largest absolute Gasteiger partial charge is 0.418 e. The summed E-state index contributed by atoms with van der Waals surface area (Å²) in [7, 11) is 1.40. The first-order valence-corrected chi connectivity index (χ1v) is 10.4. The molecule has 0 aliphatic heterocycles. The number of nitrogen functional groups attached to an aromatic ring is 1. The van der Waals surface area contributed by atoms with E-state index in [1.807, 2.05) is 6.92 Å². The Hall–Kier alpha value is -2.99. The van der Waals surface area contributed by atoms with Gasteiger partial charge in [0.15, 0.2) is 0 Å². The molecule has 4 N–H and O–H groups in total. The molecule has 0 radical (unpaired) electrons. The van der Waals surface area contributed by atoms with Crippen molar-refractivity contribution in [3.05, 3.63) is 49.6 Å². The van der Waals surface area contributed by atoms with Crippen molar-refractivity contribution in [3.8, 4) is 0 Å². The number of aromatic nitrogens is 2. The average molecular weight is 492 g/mol. The minimum absolute atomic E-state index is 0.00215. The normalized spacial score (nSPS) is 11.5. The van der Waals surface area contributed by atoms with Crippen molar-refractivity contribution in [2.24, 2.45) is 0 Å².